The SMILES string of the molecule is CCC1Cc2cc(-c3cnn(C)c3)c(C(F)F)cc2N(c2nn(C3CCOCC3)c3c2CN(C(C)=O)CC3)C1. The lowest BCUT2D eigenvalue weighted by atomic mass is 9.87. The molecule has 1 atom stereocenters. The van der Waals surface area contributed by atoms with Crippen molar-refractivity contribution in [2.45, 2.75) is 65.0 Å². The molecular formula is C29H36F2N6O2. The third-order valence-corrected chi connectivity index (χ3v) is 8.62. The van der Waals surface area contributed by atoms with Crippen LogP contribution in [-0.4, -0.2) is 56.7 Å². The number of hydrogen-bond acceptors (Lipinski definition) is 5. The van der Waals surface area contributed by atoms with E-state index in [-0.39, 0.29) is 17.5 Å². The highest BCUT2D eigenvalue weighted by Gasteiger charge is 2.35. The summed E-state index contributed by atoms with van der Waals surface area (Å²) in [6.07, 6.45) is 5.11. The van der Waals surface area contributed by atoms with Crippen molar-refractivity contribution >= 4 is 17.4 Å². The van der Waals surface area contributed by atoms with Crippen LogP contribution in [0.5, 0.6) is 0 Å². The van der Waals surface area contributed by atoms with Gasteiger partial charge in [-0.3, -0.25) is 14.2 Å². The molecule has 1 unspecified atom stereocenters. The number of benzene rings is 1. The standard InChI is InChI=1S/C29H36F2N6O2/c1-4-19-11-20-12-23(21-14-32-34(3)16-21)24(28(30)31)13-27(20)36(15-19)29-25-17-35(18(2)38)8-5-26(25)37(33-29)22-6-9-39-10-7-22/h12-14,16,19,22,28H,4-11,15,17H2,1-3H3. The van der Waals surface area contributed by atoms with Gasteiger partial charge in [-0.2, -0.15) is 10.2 Å². The summed E-state index contributed by atoms with van der Waals surface area (Å²) in [6, 6.07) is 3.84. The van der Waals surface area contributed by atoms with Crippen LogP contribution in [0.1, 0.15) is 68.0 Å². The predicted octanol–water partition coefficient (Wildman–Crippen LogP) is 5.20. The van der Waals surface area contributed by atoms with E-state index in [1.807, 2.05) is 11.0 Å². The highest BCUT2D eigenvalue weighted by Crippen LogP contribution is 2.45. The second-order valence-electron chi connectivity index (χ2n) is 11.1. The number of aryl methyl sites for hydroxylation is 1. The van der Waals surface area contributed by atoms with Crippen LogP contribution in [0.25, 0.3) is 11.1 Å². The number of rotatable bonds is 5. The molecule has 1 fully saturated rings. The second-order valence-corrected chi connectivity index (χ2v) is 11.1. The van der Waals surface area contributed by atoms with Gasteiger partial charge < -0.3 is 14.5 Å². The van der Waals surface area contributed by atoms with Gasteiger partial charge in [0.05, 0.1) is 18.8 Å². The average Bonchev–Trinajstić information content (AvgIpc) is 3.55. The molecule has 0 N–H and O–H groups in total. The Morgan fingerprint density at radius 3 is 2.69 bits per heavy atom. The molecule has 8 nitrogen and oxygen atoms in total. The van der Waals surface area contributed by atoms with Gasteiger partial charge in [0.25, 0.3) is 6.43 Å². The molecule has 1 amide bonds. The number of anilines is 2. The molecule has 1 aromatic carbocycles. The van der Waals surface area contributed by atoms with Gasteiger partial charge in [-0.05, 0) is 48.4 Å². The number of ether oxygens (including phenoxy) is 1. The summed E-state index contributed by atoms with van der Waals surface area (Å²) < 4.78 is 38.4. The van der Waals surface area contributed by atoms with E-state index >= 15 is 0 Å². The lowest BCUT2D eigenvalue weighted by molar-refractivity contribution is -0.129. The fourth-order valence-corrected chi connectivity index (χ4v) is 6.41. The quantitative estimate of drug-likeness (QED) is 0.447. The lowest BCUT2D eigenvalue weighted by Gasteiger charge is -2.37. The second kappa shape index (κ2) is 10.4. The van der Waals surface area contributed by atoms with E-state index in [0.717, 1.165) is 60.4 Å². The normalized spacial score (nSPS) is 19.9. The van der Waals surface area contributed by atoms with E-state index in [2.05, 4.69) is 21.6 Å². The van der Waals surface area contributed by atoms with E-state index in [9.17, 15) is 13.6 Å². The van der Waals surface area contributed by atoms with E-state index in [0.29, 0.717) is 49.9 Å². The van der Waals surface area contributed by atoms with Crippen molar-refractivity contribution in [3.8, 4) is 11.1 Å². The number of carbonyl (C=O) groups excluding carboxylic acids is 1. The molecule has 0 radical (unpaired) electrons. The maximum atomic E-state index is 14.5. The molecule has 0 saturated carbocycles. The Balaban J connectivity index is 1.50. The Morgan fingerprint density at radius 1 is 1.23 bits per heavy atom. The Bertz CT molecular complexity index is 1380. The molecule has 6 rings (SSSR count). The minimum absolute atomic E-state index is 0.00444. The zero-order valence-electron chi connectivity index (χ0n) is 22.9. The molecule has 2 aromatic heterocycles. The monoisotopic (exact) mass is 538 g/mol. The Morgan fingerprint density at radius 2 is 2.03 bits per heavy atom. The van der Waals surface area contributed by atoms with Crippen molar-refractivity contribution in [3.63, 3.8) is 0 Å². The van der Waals surface area contributed by atoms with E-state index in [1.165, 1.54) is 0 Å². The Labute approximate surface area is 227 Å². The lowest BCUT2D eigenvalue weighted by Crippen LogP contribution is -2.36. The van der Waals surface area contributed by atoms with Gasteiger partial charge in [0, 0.05) is 81.0 Å². The summed E-state index contributed by atoms with van der Waals surface area (Å²) >= 11 is 0. The molecule has 3 aliphatic rings. The fourth-order valence-electron chi connectivity index (χ4n) is 6.41. The van der Waals surface area contributed by atoms with Gasteiger partial charge in [0.2, 0.25) is 5.91 Å². The highest BCUT2D eigenvalue weighted by atomic mass is 19.3. The van der Waals surface area contributed by atoms with Gasteiger partial charge in [-0.25, -0.2) is 8.78 Å². The van der Waals surface area contributed by atoms with Crippen molar-refractivity contribution in [1.82, 2.24) is 24.5 Å². The van der Waals surface area contributed by atoms with E-state index in [1.54, 1.807) is 37.1 Å². The molecule has 3 aliphatic heterocycles. The summed E-state index contributed by atoms with van der Waals surface area (Å²) in [7, 11) is 1.79. The fraction of sp³-hybridized carbons (Fsp3) is 0.552. The zero-order valence-corrected chi connectivity index (χ0v) is 22.9. The summed E-state index contributed by atoms with van der Waals surface area (Å²) in [5.74, 6) is 1.20. The molecule has 208 valence electrons. The average molecular weight is 539 g/mol. The van der Waals surface area contributed by atoms with Crippen LogP contribution >= 0.6 is 0 Å². The smallest absolute Gasteiger partial charge is 0.264 e. The molecule has 5 heterocycles. The molecule has 3 aromatic rings. The van der Waals surface area contributed by atoms with Gasteiger partial charge in [-0.1, -0.05) is 13.3 Å². The minimum atomic E-state index is -2.63. The van der Waals surface area contributed by atoms with Gasteiger partial charge in [0.15, 0.2) is 5.82 Å². The number of hydrogen-bond donors (Lipinski definition) is 0. The number of carbonyl (C=O) groups is 1. The van der Waals surface area contributed by atoms with Crippen LogP contribution in [0.2, 0.25) is 0 Å². The predicted molar refractivity (Wildman–Crippen MR) is 144 cm³/mol. The van der Waals surface area contributed by atoms with Crippen LogP contribution in [0.4, 0.5) is 20.3 Å². The third kappa shape index (κ3) is 4.73. The van der Waals surface area contributed by atoms with E-state index in [4.69, 9.17) is 9.84 Å². The molecule has 39 heavy (non-hydrogen) atoms. The molecule has 10 heteroatoms. The third-order valence-electron chi connectivity index (χ3n) is 8.62. The van der Waals surface area contributed by atoms with Gasteiger partial charge in [-0.15, -0.1) is 0 Å². The van der Waals surface area contributed by atoms with Crippen LogP contribution in [0, 0.1) is 5.92 Å². The number of fused-ring (bicyclic) bond motifs is 2. The molecule has 1 saturated heterocycles. The van der Waals surface area contributed by atoms with E-state index < -0.39 is 6.43 Å². The summed E-state index contributed by atoms with van der Waals surface area (Å²) in [5, 5.41) is 9.43. The first-order valence-electron chi connectivity index (χ1n) is 14.0. The number of aromatic nitrogens is 4. The number of halogens is 2. The van der Waals surface area contributed by atoms with Crippen molar-refractivity contribution in [2.75, 3.05) is 31.2 Å². The number of alkyl halides is 2. The van der Waals surface area contributed by atoms with Crippen molar-refractivity contribution in [1.29, 1.82) is 0 Å². The molecule has 0 spiro atoms. The largest absolute Gasteiger partial charge is 0.381 e. The van der Waals surface area contributed by atoms with Gasteiger partial charge in [0.1, 0.15) is 0 Å². The summed E-state index contributed by atoms with van der Waals surface area (Å²) in [6.45, 7) is 7.04. The topological polar surface area (TPSA) is 68.4 Å². The number of amides is 1. The summed E-state index contributed by atoms with van der Waals surface area (Å²) in [4.78, 5) is 16.4. The first-order chi connectivity index (χ1) is 18.8. The maximum absolute atomic E-state index is 14.5. The highest BCUT2D eigenvalue weighted by molar-refractivity contribution is 5.78. The minimum Gasteiger partial charge on any atom is -0.381 e. The maximum Gasteiger partial charge on any atom is 0.264 e. The van der Waals surface area contributed by atoms with Crippen LogP contribution in [-0.2, 0) is 36.0 Å². The number of nitrogens with zero attached hydrogens (tertiary/aromatic N) is 6. The van der Waals surface area contributed by atoms with Gasteiger partial charge >= 0.3 is 0 Å². The van der Waals surface area contributed by atoms with Crippen molar-refractivity contribution < 1.29 is 18.3 Å². The van der Waals surface area contributed by atoms with Crippen molar-refractivity contribution in [3.05, 3.63) is 46.9 Å². The van der Waals surface area contributed by atoms with Crippen LogP contribution in [0.3, 0.4) is 0 Å². The van der Waals surface area contributed by atoms with Crippen LogP contribution in [0.15, 0.2) is 24.5 Å². The first-order valence-corrected chi connectivity index (χ1v) is 14.0. The van der Waals surface area contributed by atoms with Crippen LogP contribution < -0.4 is 4.90 Å². The molecule has 0 bridgehead atoms. The molecule has 0 aliphatic carbocycles. The first kappa shape index (κ1) is 26.0. The zero-order chi connectivity index (χ0) is 27.3. The Hall–Kier alpha value is -3.27. The molecular weight excluding hydrogens is 502 g/mol. The summed E-state index contributed by atoms with van der Waals surface area (Å²) in [5.41, 5.74) is 5.28. The Kier molecular flexibility index (Phi) is 6.91. The van der Waals surface area contributed by atoms with Crippen molar-refractivity contribution in [2.24, 2.45) is 13.0 Å².